The summed E-state index contributed by atoms with van der Waals surface area (Å²) in [6.45, 7) is 0. The lowest BCUT2D eigenvalue weighted by Crippen LogP contribution is -2.29. The van der Waals surface area contributed by atoms with Gasteiger partial charge in [-0.3, -0.25) is 0 Å². The fourth-order valence-corrected chi connectivity index (χ4v) is 2.51. The third kappa shape index (κ3) is 1.79. The van der Waals surface area contributed by atoms with E-state index in [1.54, 1.807) is 0 Å². The minimum absolute atomic E-state index is 0.224. The van der Waals surface area contributed by atoms with Crippen molar-refractivity contribution in [1.29, 1.82) is 0 Å². The van der Waals surface area contributed by atoms with E-state index in [9.17, 15) is 5.11 Å². The average molecular weight is 227 g/mol. The summed E-state index contributed by atoms with van der Waals surface area (Å²) in [6, 6.07) is 12.0. The molecule has 0 spiro atoms. The molecule has 1 aliphatic rings. The largest absolute Gasteiger partial charge is 0.508 e. The molecule has 1 aliphatic carbocycles. The third-order valence-corrected chi connectivity index (χ3v) is 3.91. The van der Waals surface area contributed by atoms with Crippen molar-refractivity contribution in [2.75, 3.05) is 7.05 Å². The lowest BCUT2D eigenvalue weighted by atomic mass is 9.96. The van der Waals surface area contributed by atoms with Gasteiger partial charge in [-0.05, 0) is 43.1 Å². The Morgan fingerprint density at radius 2 is 1.94 bits per heavy atom. The molecule has 0 aliphatic heterocycles. The summed E-state index contributed by atoms with van der Waals surface area (Å²) in [5.41, 5.74) is 1.30. The Morgan fingerprint density at radius 1 is 1.18 bits per heavy atom. The lowest BCUT2D eigenvalue weighted by Gasteiger charge is -2.16. The maximum absolute atomic E-state index is 10.1. The molecule has 2 aromatic carbocycles. The fourth-order valence-electron chi connectivity index (χ4n) is 2.51. The molecule has 0 saturated heterocycles. The molecule has 0 radical (unpaired) electrons. The van der Waals surface area contributed by atoms with Crippen molar-refractivity contribution in [1.82, 2.24) is 5.32 Å². The predicted octanol–water partition coefficient (Wildman–Crippen LogP) is 2.84. The molecule has 0 atom stereocenters. The molecule has 0 amide bonds. The van der Waals surface area contributed by atoms with Gasteiger partial charge in [0.2, 0.25) is 0 Å². The maximum Gasteiger partial charge on any atom is 0.119 e. The van der Waals surface area contributed by atoms with Crippen molar-refractivity contribution in [3.8, 4) is 5.75 Å². The van der Waals surface area contributed by atoms with Crippen LogP contribution >= 0.6 is 0 Å². The molecule has 2 aromatic rings. The molecule has 2 N–H and O–H groups in total. The van der Waals surface area contributed by atoms with Gasteiger partial charge >= 0.3 is 0 Å². The molecule has 0 heterocycles. The van der Waals surface area contributed by atoms with Crippen LogP contribution in [0.3, 0.4) is 0 Å². The summed E-state index contributed by atoms with van der Waals surface area (Å²) in [5.74, 6) is 0.422. The highest BCUT2D eigenvalue weighted by Gasteiger charge is 2.41. The van der Waals surface area contributed by atoms with Gasteiger partial charge in [0.15, 0.2) is 0 Å². The van der Waals surface area contributed by atoms with Gasteiger partial charge in [0.1, 0.15) is 5.75 Å². The van der Waals surface area contributed by atoms with Crippen molar-refractivity contribution in [2.45, 2.75) is 24.8 Å². The SMILES string of the molecule is CNC1(Cc2c(O)ccc3ccccc23)CC1. The number of phenolic OH excluding ortho intramolecular Hbond substituents is 1. The van der Waals surface area contributed by atoms with Crippen LogP contribution < -0.4 is 5.32 Å². The van der Waals surface area contributed by atoms with Crippen LogP contribution in [0, 0.1) is 0 Å². The number of fused-ring (bicyclic) bond motifs is 1. The Balaban J connectivity index is 2.10. The number of hydrogen-bond acceptors (Lipinski definition) is 2. The molecule has 2 heteroatoms. The number of phenols is 1. The van der Waals surface area contributed by atoms with Crippen LogP contribution in [0.5, 0.6) is 5.75 Å². The van der Waals surface area contributed by atoms with Crippen LogP contribution in [-0.2, 0) is 6.42 Å². The molecule has 1 fully saturated rings. The highest BCUT2D eigenvalue weighted by molar-refractivity contribution is 5.87. The number of hydrogen-bond donors (Lipinski definition) is 2. The maximum atomic E-state index is 10.1. The van der Waals surface area contributed by atoms with Crippen LogP contribution in [0.15, 0.2) is 36.4 Å². The van der Waals surface area contributed by atoms with Crippen molar-refractivity contribution in [2.24, 2.45) is 0 Å². The normalized spacial score (nSPS) is 17.2. The van der Waals surface area contributed by atoms with Gasteiger partial charge in [-0.25, -0.2) is 0 Å². The number of rotatable bonds is 3. The van der Waals surface area contributed by atoms with E-state index in [2.05, 4.69) is 17.4 Å². The highest BCUT2D eigenvalue weighted by atomic mass is 16.3. The van der Waals surface area contributed by atoms with Gasteiger partial charge in [0.05, 0.1) is 0 Å². The van der Waals surface area contributed by atoms with E-state index < -0.39 is 0 Å². The lowest BCUT2D eigenvalue weighted by molar-refractivity contribution is 0.459. The zero-order valence-electron chi connectivity index (χ0n) is 10.0. The first kappa shape index (κ1) is 10.6. The van der Waals surface area contributed by atoms with Crippen LogP contribution in [-0.4, -0.2) is 17.7 Å². The Bertz CT molecular complexity index is 558. The first-order valence-electron chi connectivity index (χ1n) is 6.13. The van der Waals surface area contributed by atoms with Crippen LogP contribution in [0.25, 0.3) is 10.8 Å². The zero-order valence-corrected chi connectivity index (χ0v) is 10.0. The highest BCUT2D eigenvalue weighted by Crippen LogP contribution is 2.41. The minimum Gasteiger partial charge on any atom is -0.508 e. The second kappa shape index (κ2) is 3.74. The average Bonchev–Trinajstić information content (AvgIpc) is 3.14. The van der Waals surface area contributed by atoms with Gasteiger partial charge in [-0.15, -0.1) is 0 Å². The number of benzene rings is 2. The number of nitrogens with one attached hydrogen (secondary N) is 1. The van der Waals surface area contributed by atoms with Gasteiger partial charge in [0.25, 0.3) is 0 Å². The molecule has 0 aromatic heterocycles. The molecular weight excluding hydrogens is 210 g/mol. The summed E-state index contributed by atoms with van der Waals surface area (Å²) >= 11 is 0. The van der Waals surface area contributed by atoms with Crippen molar-refractivity contribution >= 4 is 10.8 Å². The molecule has 0 unspecified atom stereocenters. The zero-order chi connectivity index (χ0) is 11.9. The molecule has 0 bridgehead atoms. The minimum atomic E-state index is 0.224. The van der Waals surface area contributed by atoms with E-state index in [0.29, 0.717) is 5.75 Å². The van der Waals surface area contributed by atoms with E-state index in [0.717, 1.165) is 12.0 Å². The second-order valence-electron chi connectivity index (χ2n) is 4.99. The monoisotopic (exact) mass is 227 g/mol. The van der Waals surface area contributed by atoms with Crippen LogP contribution in [0.4, 0.5) is 0 Å². The molecule has 3 rings (SSSR count). The summed E-state index contributed by atoms with van der Waals surface area (Å²) in [6.07, 6.45) is 3.31. The van der Waals surface area contributed by atoms with Gasteiger partial charge in [-0.2, -0.15) is 0 Å². The van der Waals surface area contributed by atoms with Crippen LogP contribution in [0.1, 0.15) is 18.4 Å². The fraction of sp³-hybridized carbons (Fsp3) is 0.333. The Labute approximate surface area is 101 Å². The molecule has 17 heavy (non-hydrogen) atoms. The third-order valence-electron chi connectivity index (χ3n) is 3.91. The standard InChI is InChI=1S/C15H17NO/c1-16-15(8-9-15)10-13-12-5-3-2-4-11(12)6-7-14(13)17/h2-7,16-17H,8-10H2,1H3. The smallest absolute Gasteiger partial charge is 0.119 e. The van der Waals surface area contributed by atoms with E-state index in [1.165, 1.54) is 23.6 Å². The van der Waals surface area contributed by atoms with Crippen molar-refractivity contribution in [3.05, 3.63) is 42.0 Å². The van der Waals surface area contributed by atoms with Crippen molar-refractivity contribution in [3.63, 3.8) is 0 Å². The molecule has 88 valence electrons. The predicted molar refractivity (Wildman–Crippen MR) is 70.3 cm³/mol. The first-order chi connectivity index (χ1) is 8.24. The Morgan fingerprint density at radius 3 is 2.65 bits per heavy atom. The summed E-state index contributed by atoms with van der Waals surface area (Å²) in [7, 11) is 2.01. The van der Waals surface area contributed by atoms with E-state index in [-0.39, 0.29) is 5.54 Å². The topological polar surface area (TPSA) is 32.3 Å². The first-order valence-corrected chi connectivity index (χ1v) is 6.13. The number of likely N-dealkylation sites (N-methyl/N-ethyl adjacent to an activating group) is 1. The van der Waals surface area contributed by atoms with Crippen molar-refractivity contribution < 1.29 is 5.11 Å². The summed E-state index contributed by atoms with van der Waals surface area (Å²) in [4.78, 5) is 0. The summed E-state index contributed by atoms with van der Waals surface area (Å²) < 4.78 is 0. The molecular formula is C15H17NO. The van der Waals surface area contributed by atoms with Gasteiger partial charge in [-0.1, -0.05) is 30.3 Å². The van der Waals surface area contributed by atoms with Gasteiger partial charge in [0, 0.05) is 11.1 Å². The molecule has 1 saturated carbocycles. The summed E-state index contributed by atoms with van der Waals surface area (Å²) in [5, 5.41) is 15.8. The Kier molecular flexibility index (Phi) is 2.33. The second-order valence-corrected chi connectivity index (χ2v) is 4.99. The van der Waals surface area contributed by atoms with E-state index >= 15 is 0 Å². The Hall–Kier alpha value is -1.54. The molecule has 2 nitrogen and oxygen atoms in total. The van der Waals surface area contributed by atoms with E-state index in [4.69, 9.17) is 0 Å². The van der Waals surface area contributed by atoms with Gasteiger partial charge < -0.3 is 10.4 Å². The van der Waals surface area contributed by atoms with Crippen LogP contribution in [0.2, 0.25) is 0 Å². The quantitative estimate of drug-likeness (QED) is 0.845. The number of aromatic hydroxyl groups is 1. The van der Waals surface area contributed by atoms with E-state index in [1.807, 2.05) is 31.3 Å².